The first-order valence-electron chi connectivity index (χ1n) is 6.35. The summed E-state index contributed by atoms with van der Waals surface area (Å²) in [6.45, 7) is 0. The largest absolute Gasteiger partial charge is 0.416 e. The number of fused-ring (bicyclic) bond motifs is 1. The molecule has 2 heterocycles. The van der Waals surface area contributed by atoms with Crippen LogP contribution in [0.1, 0.15) is 11.1 Å². The Hall–Kier alpha value is -2.65. The Labute approximate surface area is 129 Å². The maximum absolute atomic E-state index is 14.0. The molecule has 0 fully saturated rings. The normalized spacial score (nSPS) is 12.8. The van der Waals surface area contributed by atoms with Crippen LogP contribution in [-0.4, -0.2) is 14.6 Å². The minimum atomic E-state index is -4.78. The Morgan fingerprint density at radius 3 is 2.12 bits per heavy atom. The van der Waals surface area contributed by atoms with Gasteiger partial charge in [-0.3, -0.25) is 0 Å². The molecule has 0 saturated carbocycles. The molecule has 0 atom stereocenters. The van der Waals surface area contributed by atoms with Crippen molar-refractivity contribution in [3.63, 3.8) is 0 Å². The molecule has 0 aliphatic carbocycles. The zero-order chi connectivity index (χ0) is 17.7. The summed E-state index contributed by atoms with van der Waals surface area (Å²) in [6.07, 6.45) is -8.63. The first-order valence-corrected chi connectivity index (χ1v) is 6.35. The van der Waals surface area contributed by atoms with E-state index in [1.807, 2.05) is 0 Å². The van der Waals surface area contributed by atoms with Gasteiger partial charge in [0.1, 0.15) is 12.1 Å². The van der Waals surface area contributed by atoms with E-state index in [0.717, 1.165) is 10.8 Å². The molecule has 10 heteroatoms. The van der Waals surface area contributed by atoms with E-state index in [4.69, 9.17) is 0 Å². The molecule has 0 saturated heterocycles. The van der Waals surface area contributed by atoms with E-state index in [-0.39, 0.29) is 5.65 Å². The number of nitrogens with zero attached hydrogens (tertiary/aromatic N) is 3. The van der Waals surface area contributed by atoms with Gasteiger partial charge in [0.2, 0.25) is 0 Å². The van der Waals surface area contributed by atoms with Crippen LogP contribution in [0, 0.1) is 5.82 Å². The Balaban J connectivity index is 2.32. The lowest BCUT2D eigenvalue weighted by molar-refractivity contribution is -0.138. The van der Waals surface area contributed by atoms with Crippen molar-refractivity contribution < 1.29 is 30.7 Å². The molecule has 3 aromatic rings. The van der Waals surface area contributed by atoms with Crippen LogP contribution in [0.25, 0.3) is 16.9 Å². The standard InChI is InChI=1S/C14H6F7N3/c15-10-2-1-7(13(16,17)18)3-9(10)11-4-8(14(19,20)21)5-12-22-6-23-24(11)12/h1-6H. The van der Waals surface area contributed by atoms with Crippen molar-refractivity contribution in [2.75, 3.05) is 0 Å². The maximum Gasteiger partial charge on any atom is 0.416 e. The molecule has 0 N–H and O–H groups in total. The lowest BCUT2D eigenvalue weighted by atomic mass is 10.0. The summed E-state index contributed by atoms with van der Waals surface area (Å²) in [4.78, 5) is 3.59. The summed E-state index contributed by atoms with van der Waals surface area (Å²) in [6, 6.07) is 2.68. The van der Waals surface area contributed by atoms with Gasteiger partial charge in [-0.05, 0) is 30.3 Å². The average Bonchev–Trinajstić information content (AvgIpc) is 2.93. The third kappa shape index (κ3) is 2.79. The molecule has 0 spiro atoms. The summed E-state index contributed by atoms with van der Waals surface area (Å²) in [5.74, 6) is -1.11. The second kappa shape index (κ2) is 5.18. The highest BCUT2D eigenvalue weighted by Gasteiger charge is 2.34. The smallest absolute Gasteiger partial charge is 0.215 e. The molecule has 3 rings (SSSR count). The zero-order valence-electron chi connectivity index (χ0n) is 11.5. The summed E-state index contributed by atoms with van der Waals surface area (Å²) >= 11 is 0. The first kappa shape index (κ1) is 16.2. The predicted molar refractivity (Wildman–Crippen MR) is 68.4 cm³/mol. The van der Waals surface area contributed by atoms with Crippen LogP contribution in [0.4, 0.5) is 30.7 Å². The lowest BCUT2D eigenvalue weighted by Crippen LogP contribution is -2.09. The number of pyridine rings is 1. The molecule has 3 nitrogen and oxygen atoms in total. The first-order chi connectivity index (χ1) is 11.1. The third-order valence-electron chi connectivity index (χ3n) is 3.28. The molecule has 0 amide bonds. The monoisotopic (exact) mass is 349 g/mol. The maximum atomic E-state index is 14.0. The molecule has 0 aliphatic heterocycles. The minimum Gasteiger partial charge on any atom is -0.215 e. The van der Waals surface area contributed by atoms with E-state index in [2.05, 4.69) is 10.1 Å². The number of rotatable bonds is 1. The molecular formula is C14H6F7N3. The van der Waals surface area contributed by atoms with Crippen LogP contribution in [0.15, 0.2) is 36.7 Å². The number of hydrogen-bond donors (Lipinski definition) is 0. The summed E-state index contributed by atoms with van der Waals surface area (Å²) in [7, 11) is 0. The highest BCUT2D eigenvalue weighted by Crippen LogP contribution is 2.36. The van der Waals surface area contributed by atoms with Gasteiger partial charge in [0.25, 0.3) is 0 Å². The van der Waals surface area contributed by atoms with E-state index < -0.39 is 40.6 Å². The Morgan fingerprint density at radius 2 is 1.50 bits per heavy atom. The zero-order valence-corrected chi connectivity index (χ0v) is 11.5. The van der Waals surface area contributed by atoms with Gasteiger partial charge in [-0.25, -0.2) is 13.9 Å². The highest BCUT2D eigenvalue weighted by molar-refractivity contribution is 5.66. The van der Waals surface area contributed by atoms with Crippen molar-refractivity contribution in [2.24, 2.45) is 0 Å². The SMILES string of the molecule is Fc1ccc(C(F)(F)F)cc1-c1cc(C(F)(F)F)cc2ncnn12. The molecule has 24 heavy (non-hydrogen) atoms. The number of alkyl halides is 6. The Kier molecular flexibility index (Phi) is 3.50. The van der Waals surface area contributed by atoms with Crippen molar-refractivity contribution in [1.29, 1.82) is 0 Å². The quantitative estimate of drug-likeness (QED) is 0.603. The van der Waals surface area contributed by atoms with Crippen LogP contribution in [-0.2, 0) is 12.4 Å². The second-order valence-electron chi connectivity index (χ2n) is 4.85. The third-order valence-corrected chi connectivity index (χ3v) is 3.28. The number of benzene rings is 1. The van der Waals surface area contributed by atoms with Gasteiger partial charge in [0.05, 0.1) is 16.8 Å². The summed E-state index contributed by atoms with van der Waals surface area (Å²) < 4.78 is 92.1. The van der Waals surface area contributed by atoms with E-state index in [9.17, 15) is 30.7 Å². The fourth-order valence-electron chi connectivity index (χ4n) is 2.18. The van der Waals surface area contributed by atoms with Crippen LogP contribution in [0.3, 0.4) is 0 Å². The van der Waals surface area contributed by atoms with Gasteiger partial charge in [0, 0.05) is 5.56 Å². The van der Waals surface area contributed by atoms with Crippen molar-refractivity contribution in [1.82, 2.24) is 14.6 Å². The fourth-order valence-corrected chi connectivity index (χ4v) is 2.18. The van der Waals surface area contributed by atoms with Crippen LogP contribution in [0.5, 0.6) is 0 Å². The Bertz CT molecular complexity index is 909. The number of aromatic nitrogens is 3. The molecular weight excluding hydrogens is 343 g/mol. The van der Waals surface area contributed by atoms with Crippen LogP contribution >= 0.6 is 0 Å². The van der Waals surface area contributed by atoms with E-state index in [1.54, 1.807) is 0 Å². The molecule has 1 aromatic carbocycles. The van der Waals surface area contributed by atoms with Gasteiger partial charge in [0.15, 0.2) is 5.65 Å². The van der Waals surface area contributed by atoms with Gasteiger partial charge >= 0.3 is 12.4 Å². The average molecular weight is 349 g/mol. The van der Waals surface area contributed by atoms with Gasteiger partial charge in [-0.2, -0.15) is 31.4 Å². The van der Waals surface area contributed by atoms with Crippen molar-refractivity contribution in [3.8, 4) is 11.3 Å². The van der Waals surface area contributed by atoms with Crippen molar-refractivity contribution in [2.45, 2.75) is 12.4 Å². The van der Waals surface area contributed by atoms with E-state index in [0.29, 0.717) is 30.3 Å². The molecule has 0 unspecified atom stereocenters. The topological polar surface area (TPSA) is 30.2 Å². The highest BCUT2D eigenvalue weighted by atomic mass is 19.4. The summed E-state index contributed by atoms with van der Waals surface area (Å²) in [5.41, 5.74) is -3.77. The van der Waals surface area contributed by atoms with E-state index in [1.165, 1.54) is 0 Å². The van der Waals surface area contributed by atoms with Crippen LogP contribution < -0.4 is 0 Å². The molecule has 0 bridgehead atoms. The Morgan fingerprint density at radius 1 is 0.833 bits per heavy atom. The molecule has 126 valence electrons. The lowest BCUT2D eigenvalue weighted by Gasteiger charge is -2.13. The fraction of sp³-hybridized carbons (Fsp3) is 0.143. The van der Waals surface area contributed by atoms with Crippen molar-refractivity contribution >= 4 is 5.65 Å². The summed E-state index contributed by atoms with van der Waals surface area (Å²) in [5, 5.41) is 3.64. The van der Waals surface area contributed by atoms with Gasteiger partial charge in [-0.1, -0.05) is 0 Å². The number of halogens is 7. The van der Waals surface area contributed by atoms with Crippen molar-refractivity contribution in [3.05, 3.63) is 53.6 Å². The molecule has 2 aromatic heterocycles. The molecule has 0 aliphatic rings. The minimum absolute atomic E-state index is 0.267. The second-order valence-corrected chi connectivity index (χ2v) is 4.85. The molecule has 0 radical (unpaired) electrons. The van der Waals surface area contributed by atoms with Gasteiger partial charge < -0.3 is 0 Å². The van der Waals surface area contributed by atoms with Gasteiger partial charge in [-0.15, -0.1) is 0 Å². The van der Waals surface area contributed by atoms with E-state index >= 15 is 0 Å². The van der Waals surface area contributed by atoms with Crippen LogP contribution in [0.2, 0.25) is 0 Å². The number of hydrogen-bond acceptors (Lipinski definition) is 2. The predicted octanol–water partition coefficient (Wildman–Crippen LogP) is 4.57.